The molecule has 3 nitrogen and oxygen atoms in total. The van der Waals surface area contributed by atoms with Crippen LogP contribution in [-0.2, 0) is 10.8 Å². The second-order valence-corrected chi connectivity index (χ2v) is 5.27. The van der Waals surface area contributed by atoms with Crippen LogP contribution >= 0.6 is 0 Å². The highest BCUT2D eigenvalue weighted by Crippen LogP contribution is 1.97. The van der Waals surface area contributed by atoms with Gasteiger partial charge in [0.15, 0.2) is 0 Å². The summed E-state index contributed by atoms with van der Waals surface area (Å²) in [7, 11) is -0.704. The van der Waals surface area contributed by atoms with Crippen molar-refractivity contribution in [2.75, 3.05) is 19.3 Å². The fraction of sp³-hybridized carbons (Fsp3) is 0.900. The number of rotatable bonds is 8. The van der Waals surface area contributed by atoms with Crippen LogP contribution in [-0.4, -0.2) is 28.8 Å². The molecule has 0 fully saturated rings. The molecule has 0 saturated heterocycles. The lowest BCUT2D eigenvalue weighted by molar-refractivity contribution is 0.599. The number of unbranched alkanes of at least 4 members (excludes halogenated alkanes) is 2. The summed E-state index contributed by atoms with van der Waals surface area (Å²) in [5.74, 6) is 0. The molecule has 0 aliphatic heterocycles. The smallest absolute Gasteiger partial charge is 0.0621 e. The van der Waals surface area contributed by atoms with Gasteiger partial charge in [-0.05, 0) is 32.4 Å². The Balaban J connectivity index is 3.14. The Morgan fingerprint density at radius 2 is 2.14 bits per heavy atom. The Kier molecular flexibility index (Phi) is 8.90. The topological polar surface area (TPSA) is 52.9 Å². The van der Waals surface area contributed by atoms with Gasteiger partial charge in [-0.2, -0.15) is 5.26 Å². The summed E-state index contributed by atoms with van der Waals surface area (Å²) in [6.45, 7) is 3.89. The third-order valence-electron chi connectivity index (χ3n) is 2.19. The summed E-state index contributed by atoms with van der Waals surface area (Å²) in [5, 5.41) is 11.9. The molecule has 14 heavy (non-hydrogen) atoms. The monoisotopic (exact) mass is 216 g/mol. The summed E-state index contributed by atoms with van der Waals surface area (Å²) in [5.41, 5.74) is 0. The maximum Gasteiger partial charge on any atom is 0.0621 e. The van der Waals surface area contributed by atoms with E-state index >= 15 is 0 Å². The molecule has 2 atom stereocenters. The molecule has 0 bridgehead atoms. The van der Waals surface area contributed by atoms with Crippen molar-refractivity contribution in [3.05, 3.63) is 0 Å². The van der Waals surface area contributed by atoms with Crippen LogP contribution < -0.4 is 5.32 Å². The van der Waals surface area contributed by atoms with E-state index in [4.69, 9.17) is 5.26 Å². The van der Waals surface area contributed by atoms with Crippen molar-refractivity contribution >= 4 is 10.8 Å². The second kappa shape index (κ2) is 9.17. The van der Waals surface area contributed by atoms with Crippen LogP contribution in [0.3, 0.4) is 0 Å². The highest BCUT2D eigenvalue weighted by Gasteiger charge is 2.04. The average Bonchev–Trinajstić information content (AvgIpc) is 2.16. The summed E-state index contributed by atoms with van der Waals surface area (Å²) >= 11 is 0. The normalized spacial score (nSPS) is 14.6. The largest absolute Gasteiger partial charge is 0.317 e. The molecule has 2 unspecified atom stereocenters. The van der Waals surface area contributed by atoms with E-state index in [-0.39, 0.29) is 5.25 Å². The molecule has 0 amide bonds. The molecule has 0 heterocycles. The van der Waals surface area contributed by atoms with Gasteiger partial charge in [0.25, 0.3) is 0 Å². The van der Waals surface area contributed by atoms with E-state index in [0.717, 1.165) is 32.4 Å². The van der Waals surface area contributed by atoms with Crippen LogP contribution in [0.4, 0.5) is 0 Å². The molecule has 0 saturated carbocycles. The number of hydrogen-bond donors (Lipinski definition) is 1. The number of nitrogens with zero attached hydrogens (tertiary/aromatic N) is 1. The van der Waals surface area contributed by atoms with Crippen molar-refractivity contribution < 1.29 is 4.21 Å². The number of nitriles is 1. The van der Waals surface area contributed by atoms with Gasteiger partial charge in [0, 0.05) is 28.7 Å². The number of hydrogen-bond acceptors (Lipinski definition) is 3. The average molecular weight is 216 g/mol. The van der Waals surface area contributed by atoms with Gasteiger partial charge in [0.05, 0.1) is 6.07 Å². The van der Waals surface area contributed by atoms with Crippen LogP contribution in [0.25, 0.3) is 0 Å². The third kappa shape index (κ3) is 8.21. The first-order valence-corrected chi connectivity index (χ1v) is 6.70. The predicted octanol–water partition coefficient (Wildman–Crippen LogP) is 1.43. The van der Waals surface area contributed by atoms with Crippen LogP contribution in [0.2, 0.25) is 0 Å². The van der Waals surface area contributed by atoms with E-state index in [1.165, 1.54) is 0 Å². The Morgan fingerprint density at radius 3 is 2.71 bits per heavy atom. The molecule has 0 aromatic heterocycles. The molecule has 0 aromatic carbocycles. The minimum Gasteiger partial charge on any atom is -0.317 e. The maximum absolute atomic E-state index is 11.0. The fourth-order valence-corrected chi connectivity index (χ4v) is 1.50. The molecular formula is C10H20N2OS. The van der Waals surface area contributed by atoms with Gasteiger partial charge in [0.1, 0.15) is 0 Å². The van der Waals surface area contributed by atoms with E-state index < -0.39 is 10.8 Å². The van der Waals surface area contributed by atoms with Crippen molar-refractivity contribution in [3.63, 3.8) is 0 Å². The molecule has 0 aromatic rings. The quantitative estimate of drug-likeness (QED) is 0.624. The Labute approximate surface area is 89.3 Å². The number of nitrogens with one attached hydrogen (secondary N) is 1. The van der Waals surface area contributed by atoms with Crippen LogP contribution in [0.5, 0.6) is 0 Å². The first-order valence-electron chi connectivity index (χ1n) is 5.08. The SMILES string of the molecule is CC(CCNCCCCC#N)S(C)=O. The van der Waals surface area contributed by atoms with Crippen molar-refractivity contribution in [3.8, 4) is 6.07 Å². The minimum atomic E-state index is -0.704. The maximum atomic E-state index is 11.0. The van der Waals surface area contributed by atoms with Gasteiger partial charge < -0.3 is 5.32 Å². The van der Waals surface area contributed by atoms with Gasteiger partial charge in [-0.1, -0.05) is 6.92 Å². The van der Waals surface area contributed by atoms with Crippen molar-refractivity contribution in [1.29, 1.82) is 5.26 Å². The van der Waals surface area contributed by atoms with Crippen LogP contribution in [0, 0.1) is 11.3 Å². The Hall–Kier alpha value is -0.400. The summed E-state index contributed by atoms with van der Waals surface area (Å²) in [4.78, 5) is 0. The minimum absolute atomic E-state index is 0.279. The summed E-state index contributed by atoms with van der Waals surface area (Å²) in [6.07, 6.45) is 5.38. The highest BCUT2D eigenvalue weighted by atomic mass is 32.2. The van der Waals surface area contributed by atoms with Crippen LogP contribution in [0.15, 0.2) is 0 Å². The van der Waals surface area contributed by atoms with E-state index in [1.54, 1.807) is 6.26 Å². The van der Waals surface area contributed by atoms with Gasteiger partial charge in [-0.25, -0.2) is 0 Å². The molecule has 0 rings (SSSR count). The van der Waals surface area contributed by atoms with E-state index in [2.05, 4.69) is 11.4 Å². The molecule has 0 spiro atoms. The van der Waals surface area contributed by atoms with Crippen LogP contribution in [0.1, 0.15) is 32.6 Å². The first-order chi connectivity index (χ1) is 6.68. The van der Waals surface area contributed by atoms with Gasteiger partial charge in [-0.15, -0.1) is 0 Å². The van der Waals surface area contributed by atoms with Gasteiger partial charge in [-0.3, -0.25) is 4.21 Å². The fourth-order valence-electron chi connectivity index (χ4n) is 1.05. The predicted molar refractivity (Wildman–Crippen MR) is 60.5 cm³/mol. The third-order valence-corrected chi connectivity index (χ3v) is 3.56. The summed E-state index contributed by atoms with van der Waals surface area (Å²) in [6, 6.07) is 2.12. The Bertz CT molecular complexity index is 201. The second-order valence-electron chi connectivity index (χ2n) is 3.46. The highest BCUT2D eigenvalue weighted by molar-refractivity contribution is 7.84. The van der Waals surface area contributed by atoms with Crippen molar-refractivity contribution in [2.24, 2.45) is 0 Å². The standard InChI is InChI=1S/C10H20N2OS/c1-10(14(2)13)6-9-12-8-5-3-4-7-11/h10,12H,3-6,8-9H2,1-2H3. The zero-order valence-corrected chi connectivity index (χ0v) is 9.90. The molecule has 0 aliphatic rings. The molecule has 0 radical (unpaired) electrons. The van der Waals surface area contributed by atoms with E-state index in [9.17, 15) is 4.21 Å². The lowest BCUT2D eigenvalue weighted by atomic mass is 10.2. The molecule has 1 N–H and O–H groups in total. The van der Waals surface area contributed by atoms with Gasteiger partial charge >= 0.3 is 0 Å². The van der Waals surface area contributed by atoms with Gasteiger partial charge in [0.2, 0.25) is 0 Å². The molecule has 4 heteroatoms. The van der Waals surface area contributed by atoms with E-state index in [0.29, 0.717) is 6.42 Å². The Morgan fingerprint density at radius 1 is 1.43 bits per heavy atom. The molecule has 82 valence electrons. The first kappa shape index (κ1) is 13.6. The summed E-state index contributed by atoms with van der Waals surface area (Å²) < 4.78 is 11.0. The lowest BCUT2D eigenvalue weighted by Gasteiger charge is -2.08. The lowest BCUT2D eigenvalue weighted by Crippen LogP contribution is -2.22. The van der Waals surface area contributed by atoms with Crippen molar-refractivity contribution in [2.45, 2.75) is 37.9 Å². The zero-order valence-electron chi connectivity index (χ0n) is 9.08. The zero-order chi connectivity index (χ0) is 10.8. The molecule has 0 aliphatic carbocycles. The molecular weight excluding hydrogens is 196 g/mol. The van der Waals surface area contributed by atoms with Crippen molar-refractivity contribution in [1.82, 2.24) is 5.32 Å². The van der Waals surface area contributed by atoms with E-state index in [1.807, 2.05) is 6.92 Å².